The summed E-state index contributed by atoms with van der Waals surface area (Å²) in [6.07, 6.45) is 4.86. The van der Waals surface area contributed by atoms with Gasteiger partial charge in [-0.05, 0) is 44.6 Å². The van der Waals surface area contributed by atoms with E-state index in [9.17, 15) is 0 Å². The van der Waals surface area contributed by atoms with Gasteiger partial charge in [-0.25, -0.2) is 0 Å². The third-order valence-corrected chi connectivity index (χ3v) is 3.98. The Morgan fingerprint density at radius 3 is 2.83 bits per heavy atom. The van der Waals surface area contributed by atoms with Gasteiger partial charge in [0.2, 0.25) is 0 Å². The fraction of sp³-hybridized carbons (Fsp3) is 0.467. The number of nitrogens with zero attached hydrogens (tertiary/aromatic N) is 1. The van der Waals surface area contributed by atoms with Crippen LogP contribution in [0.25, 0.3) is 10.9 Å². The summed E-state index contributed by atoms with van der Waals surface area (Å²) >= 11 is 0. The average molecular weight is 243 g/mol. The molecule has 18 heavy (non-hydrogen) atoms. The van der Waals surface area contributed by atoms with Crippen LogP contribution in [0.1, 0.15) is 24.4 Å². The molecule has 1 fully saturated rings. The zero-order valence-corrected chi connectivity index (χ0v) is 10.9. The first-order chi connectivity index (χ1) is 8.88. The zero-order chi connectivity index (χ0) is 12.4. The highest BCUT2D eigenvalue weighted by Crippen LogP contribution is 2.25. The Morgan fingerprint density at radius 1 is 1.28 bits per heavy atom. The average Bonchev–Trinajstić information content (AvgIpc) is 3.05. The maximum absolute atomic E-state index is 3.46. The van der Waals surface area contributed by atoms with Crippen LogP contribution in [0.2, 0.25) is 0 Å². The van der Waals surface area contributed by atoms with E-state index in [1.807, 2.05) is 0 Å². The molecule has 0 bridgehead atoms. The molecule has 1 atom stereocenters. The van der Waals surface area contributed by atoms with Gasteiger partial charge in [-0.3, -0.25) is 0 Å². The quantitative estimate of drug-likeness (QED) is 0.864. The number of aromatic nitrogens is 1. The lowest BCUT2D eigenvalue weighted by molar-refractivity contribution is 0.300. The van der Waals surface area contributed by atoms with E-state index in [-0.39, 0.29) is 0 Å². The molecule has 0 saturated carbocycles. The molecule has 1 aliphatic rings. The molecule has 3 heteroatoms. The van der Waals surface area contributed by atoms with Gasteiger partial charge in [0.25, 0.3) is 0 Å². The van der Waals surface area contributed by atoms with Crippen molar-refractivity contribution in [1.82, 2.24) is 15.2 Å². The Labute approximate surface area is 108 Å². The highest BCUT2D eigenvalue weighted by molar-refractivity contribution is 5.83. The van der Waals surface area contributed by atoms with Crippen molar-refractivity contribution in [2.45, 2.75) is 18.9 Å². The van der Waals surface area contributed by atoms with Crippen molar-refractivity contribution in [2.75, 3.05) is 26.7 Å². The maximum Gasteiger partial charge on any atom is 0.0468 e. The molecule has 2 heterocycles. The molecular weight excluding hydrogens is 222 g/mol. The summed E-state index contributed by atoms with van der Waals surface area (Å²) in [4.78, 5) is 5.93. The smallest absolute Gasteiger partial charge is 0.0468 e. The van der Waals surface area contributed by atoms with Crippen molar-refractivity contribution < 1.29 is 0 Å². The number of hydrogen-bond donors (Lipinski definition) is 2. The lowest BCUT2D eigenvalue weighted by Crippen LogP contribution is -2.31. The number of para-hydroxylation sites is 1. The first-order valence-electron chi connectivity index (χ1n) is 6.84. The van der Waals surface area contributed by atoms with Gasteiger partial charge in [0, 0.05) is 29.7 Å². The summed E-state index contributed by atoms with van der Waals surface area (Å²) in [5.41, 5.74) is 2.62. The largest absolute Gasteiger partial charge is 0.361 e. The molecule has 1 aromatic heterocycles. The van der Waals surface area contributed by atoms with E-state index in [4.69, 9.17) is 0 Å². The summed E-state index contributed by atoms with van der Waals surface area (Å²) in [6, 6.07) is 8.95. The van der Waals surface area contributed by atoms with Gasteiger partial charge in [0.1, 0.15) is 0 Å². The van der Waals surface area contributed by atoms with Gasteiger partial charge in [0.05, 0.1) is 0 Å². The van der Waals surface area contributed by atoms with Gasteiger partial charge >= 0.3 is 0 Å². The van der Waals surface area contributed by atoms with E-state index in [1.54, 1.807) is 0 Å². The normalized spacial score (nSPS) is 18.5. The molecule has 1 aliphatic heterocycles. The Morgan fingerprint density at radius 2 is 2.06 bits per heavy atom. The van der Waals surface area contributed by atoms with Gasteiger partial charge < -0.3 is 15.2 Å². The molecule has 0 radical (unpaired) electrons. The predicted octanol–water partition coefficient (Wildman–Crippen LogP) is 2.52. The number of nitrogens with one attached hydrogen (secondary N) is 2. The van der Waals surface area contributed by atoms with E-state index in [1.165, 1.54) is 42.4 Å². The summed E-state index contributed by atoms with van der Waals surface area (Å²) in [7, 11) is 2.06. The van der Waals surface area contributed by atoms with Crippen molar-refractivity contribution in [2.24, 2.45) is 0 Å². The SMILES string of the molecule is CN[C@@H](CN1CCCC1)c1c[nH]c2ccccc12. The molecule has 2 aromatic rings. The Balaban J connectivity index is 1.86. The third-order valence-electron chi connectivity index (χ3n) is 3.98. The highest BCUT2D eigenvalue weighted by atomic mass is 15.2. The van der Waals surface area contributed by atoms with Crippen molar-refractivity contribution in [3.63, 3.8) is 0 Å². The molecule has 0 spiro atoms. The van der Waals surface area contributed by atoms with Gasteiger partial charge in [-0.1, -0.05) is 18.2 Å². The van der Waals surface area contributed by atoms with Crippen LogP contribution in [-0.2, 0) is 0 Å². The molecule has 0 aliphatic carbocycles. The number of benzene rings is 1. The fourth-order valence-corrected chi connectivity index (χ4v) is 2.95. The second kappa shape index (κ2) is 5.12. The molecular formula is C15H21N3. The minimum atomic E-state index is 0.416. The van der Waals surface area contributed by atoms with Crippen molar-refractivity contribution in [1.29, 1.82) is 0 Å². The maximum atomic E-state index is 3.46. The Hall–Kier alpha value is -1.32. The standard InChI is InChI=1S/C15H21N3/c1-16-15(11-18-8-4-5-9-18)13-10-17-14-7-3-2-6-12(13)14/h2-3,6-7,10,15-17H,4-5,8-9,11H2,1H3/t15-/m0/s1. The first kappa shape index (κ1) is 11.8. The number of likely N-dealkylation sites (tertiary alicyclic amines) is 1. The Bertz CT molecular complexity index is 511. The molecule has 3 rings (SSSR count). The number of aromatic amines is 1. The van der Waals surface area contributed by atoms with E-state index < -0.39 is 0 Å². The molecule has 2 N–H and O–H groups in total. The molecule has 96 valence electrons. The van der Waals surface area contributed by atoms with Gasteiger partial charge in [0.15, 0.2) is 0 Å². The van der Waals surface area contributed by atoms with E-state index in [0.717, 1.165) is 6.54 Å². The molecule has 1 saturated heterocycles. The topological polar surface area (TPSA) is 31.1 Å². The summed E-state index contributed by atoms with van der Waals surface area (Å²) in [5.74, 6) is 0. The minimum Gasteiger partial charge on any atom is -0.361 e. The number of likely N-dealkylation sites (N-methyl/N-ethyl adjacent to an activating group) is 1. The molecule has 0 amide bonds. The lowest BCUT2D eigenvalue weighted by atomic mass is 10.1. The van der Waals surface area contributed by atoms with Crippen LogP contribution in [0.4, 0.5) is 0 Å². The van der Waals surface area contributed by atoms with Crippen LogP contribution >= 0.6 is 0 Å². The van der Waals surface area contributed by atoms with Crippen LogP contribution in [-0.4, -0.2) is 36.6 Å². The van der Waals surface area contributed by atoms with Crippen LogP contribution < -0.4 is 5.32 Å². The monoisotopic (exact) mass is 243 g/mol. The summed E-state index contributed by atoms with van der Waals surface area (Å²) in [5, 5.41) is 4.81. The van der Waals surface area contributed by atoms with Crippen LogP contribution in [0, 0.1) is 0 Å². The van der Waals surface area contributed by atoms with Crippen LogP contribution in [0.3, 0.4) is 0 Å². The number of fused-ring (bicyclic) bond motifs is 1. The lowest BCUT2D eigenvalue weighted by Gasteiger charge is -2.22. The van der Waals surface area contributed by atoms with E-state index in [0.29, 0.717) is 6.04 Å². The second-order valence-electron chi connectivity index (χ2n) is 5.14. The van der Waals surface area contributed by atoms with Crippen LogP contribution in [0.15, 0.2) is 30.5 Å². The number of hydrogen-bond acceptors (Lipinski definition) is 2. The minimum absolute atomic E-state index is 0.416. The van der Waals surface area contributed by atoms with Crippen LogP contribution in [0.5, 0.6) is 0 Å². The van der Waals surface area contributed by atoms with E-state index in [2.05, 4.69) is 52.7 Å². The van der Waals surface area contributed by atoms with Crippen molar-refractivity contribution in [3.8, 4) is 0 Å². The molecule has 0 unspecified atom stereocenters. The number of rotatable bonds is 4. The second-order valence-corrected chi connectivity index (χ2v) is 5.14. The third kappa shape index (κ3) is 2.16. The number of H-pyrrole nitrogens is 1. The zero-order valence-electron chi connectivity index (χ0n) is 10.9. The molecule has 3 nitrogen and oxygen atoms in total. The Kier molecular flexibility index (Phi) is 3.35. The summed E-state index contributed by atoms with van der Waals surface area (Å²) < 4.78 is 0. The van der Waals surface area contributed by atoms with Gasteiger partial charge in [-0.2, -0.15) is 0 Å². The van der Waals surface area contributed by atoms with Gasteiger partial charge in [-0.15, -0.1) is 0 Å². The van der Waals surface area contributed by atoms with Crippen molar-refractivity contribution >= 4 is 10.9 Å². The van der Waals surface area contributed by atoms with E-state index >= 15 is 0 Å². The highest BCUT2D eigenvalue weighted by Gasteiger charge is 2.19. The predicted molar refractivity (Wildman–Crippen MR) is 75.8 cm³/mol. The summed E-state index contributed by atoms with van der Waals surface area (Å²) in [6.45, 7) is 3.61. The molecule has 1 aromatic carbocycles. The van der Waals surface area contributed by atoms with Crippen molar-refractivity contribution in [3.05, 3.63) is 36.0 Å². The fourth-order valence-electron chi connectivity index (χ4n) is 2.95. The first-order valence-corrected chi connectivity index (χ1v) is 6.84.